The average molecular weight is 970 g/mol. The maximum Gasteiger partial charge on any atom is 0.264 e. The molecule has 1 spiro atoms. The Morgan fingerprint density at radius 1 is 0.886 bits per heavy atom. The van der Waals surface area contributed by atoms with Crippen molar-refractivity contribution in [1.82, 2.24) is 24.5 Å². The van der Waals surface area contributed by atoms with E-state index < -0.39 is 6.43 Å². The molecule has 3 aromatic carbocycles. The summed E-state index contributed by atoms with van der Waals surface area (Å²) in [5, 5.41) is 19.6. The highest BCUT2D eigenvalue weighted by atomic mass is 35.5. The molecular formula is C56H67ClF2N10O. The molecule has 11 nitrogen and oxygen atoms in total. The number of aryl methyl sites for hydroxylation is 2. The monoisotopic (exact) mass is 969 g/mol. The molecule has 0 unspecified atom stereocenters. The first kappa shape index (κ1) is 46.8. The molecule has 368 valence electrons. The average Bonchev–Trinajstić information content (AvgIpc) is 4.08. The molecule has 1 atom stereocenters. The van der Waals surface area contributed by atoms with E-state index in [0.29, 0.717) is 58.8 Å². The van der Waals surface area contributed by atoms with Crippen LogP contribution in [0.5, 0.6) is 0 Å². The lowest BCUT2D eigenvalue weighted by atomic mass is 9.76. The molecule has 1 saturated carbocycles. The molecule has 5 aliphatic heterocycles. The summed E-state index contributed by atoms with van der Waals surface area (Å²) in [4.78, 5) is 24.5. The Morgan fingerprint density at radius 2 is 1.59 bits per heavy atom. The third-order valence-electron chi connectivity index (χ3n) is 17.4. The van der Waals surface area contributed by atoms with Crippen LogP contribution in [-0.2, 0) is 31.2 Å². The van der Waals surface area contributed by atoms with Gasteiger partial charge >= 0.3 is 0 Å². The van der Waals surface area contributed by atoms with Crippen molar-refractivity contribution in [2.24, 2.45) is 24.3 Å². The Kier molecular flexibility index (Phi) is 12.8. The van der Waals surface area contributed by atoms with E-state index in [1.54, 1.807) is 37.1 Å². The zero-order chi connectivity index (χ0) is 48.3. The van der Waals surface area contributed by atoms with Crippen molar-refractivity contribution in [3.63, 3.8) is 0 Å². The fraction of sp³-hybridized carbons (Fsp3) is 0.536. The van der Waals surface area contributed by atoms with E-state index in [1.165, 1.54) is 68.4 Å². The molecule has 0 N–H and O–H groups in total. The summed E-state index contributed by atoms with van der Waals surface area (Å²) in [6.07, 6.45) is 15.1. The number of rotatable bonds is 9. The number of benzene rings is 3. The van der Waals surface area contributed by atoms with Crippen molar-refractivity contribution in [1.29, 1.82) is 5.26 Å². The number of hydrogen-bond acceptors (Lipinski definition) is 8. The zero-order valence-electron chi connectivity index (χ0n) is 41.1. The number of halogens is 3. The van der Waals surface area contributed by atoms with E-state index in [-0.39, 0.29) is 11.5 Å². The molecule has 3 saturated heterocycles. The van der Waals surface area contributed by atoms with Crippen molar-refractivity contribution in [3.05, 3.63) is 100.0 Å². The molecule has 11 rings (SSSR count). The summed E-state index contributed by atoms with van der Waals surface area (Å²) < 4.78 is 33.5. The molecule has 2 aromatic heterocycles. The van der Waals surface area contributed by atoms with Crippen molar-refractivity contribution in [2.45, 2.75) is 122 Å². The summed E-state index contributed by atoms with van der Waals surface area (Å²) in [5.41, 5.74) is 10.0. The molecule has 70 heavy (non-hydrogen) atoms. The number of piperidine rings is 2. The molecule has 1 amide bonds. The molecular weight excluding hydrogens is 902 g/mol. The minimum atomic E-state index is -2.64. The van der Waals surface area contributed by atoms with Gasteiger partial charge in [0.05, 0.1) is 29.4 Å². The van der Waals surface area contributed by atoms with Crippen LogP contribution in [0.15, 0.2) is 67.0 Å². The van der Waals surface area contributed by atoms with Crippen molar-refractivity contribution in [3.8, 4) is 17.2 Å². The number of nitrogens with zero attached hydrogens (tertiary/aromatic N) is 10. The van der Waals surface area contributed by atoms with Gasteiger partial charge < -0.3 is 24.5 Å². The lowest BCUT2D eigenvalue weighted by Gasteiger charge is -2.41. The number of nitriles is 1. The highest BCUT2D eigenvalue weighted by molar-refractivity contribution is 6.32. The van der Waals surface area contributed by atoms with Gasteiger partial charge in [-0.15, -0.1) is 0 Å². The van der Waals surface area contributed by atoms with Crippen LogP contribution in [0.3, 0.4) is 0 Å². The Balaban J connectivity index is 0.693. The maximum atomic E-state index is 14.8. The number of hydrogen-bond donors (Lipinski definition) is 0. The molecule has 1 aliphatic carbocycles. The van der Waals surface area contributed by atoms with E-state index in [0.717, 1.165) is 105 Å². The van der Waals surface area contributed by atoms with Crippen LogP contribution >= 0.6 is 11.6 Å². The van der Waals surface area contributed by atoms with Crippen LogP contribution in [-0.4, -0.2) is 82.2 Å². The largest absolute Gasteiger partial charge is 0.372 e. The molecule has 7 heterocycles. The summed E-state index contributed by atoms with van der Waals surface area (Å²) in [7, 11) is 1.81. The maximum absolute atomic E-state index is 14.8. The molecule has 4 fully saturated rings. The van der Waals surface area contributed by atoms with Gasteiger partial charge in [0.2, 0.25) is 5.91 Å². The first-order valence-electron chi connectivity index (χ1n) is 26.1. The van der Waals surface area contributed by atoms with E-state index in [1.807, 2.05) is 23.1 Å². The predicted molar refractivity (Wildman–Crippen MR) is 274 cm³/mol. The van der Waals surface area contributed by atoms with E-state index >= 15 is 0 Å². The van der Waals surface area contributed by atoms with Crippen LogP contribution in [0, 0.1) is 28.6 Å². The van der Waals surface area contributed by atoms with Crippen molar-refractivity contribution >= 4 is 46.1 Å². The first-order valence-corrected chi connectivity index (χ1v) is 26.4. The number of alkyl halides is 2. The molecule has 5 aromatic rings. The van der Waals surface area contributed by atoms with Crippen LogP contribution < -0.4 is 19.6 Å². The zero-order valence-corrected chi connectivity index (χ0v) is 41.9. The van der Waals surface area contributed by atoms with Crippen molar-refractivity contribution < 1.29 is 13.6 Å². The lowest BCUT2D eigenvalue weighted by molar-refractivity contribution is -0.129. The number of amides is 1. The minimum absolute atomic E-state index is 0.0129. The van der Waals surface area contributed by atoms with Crippen LogP contribution in [0.2, 0.25) is 5.02 Å². The molecule has 14 heteroatoms. The number of anilines is 5. The standard InChI is InChI=1S/C56H67ClF2N10O/c1-37-31-56(36-68(37)47-11-8-42(32-60)51(57)29-47)19-25-65(26-20-56)45-14-12-44(13-15-45)64-22-16-40(17-23-64)27-39-6-9-46(10-7-39)69-52-18-24-66(38(2)70)35-50(52)55(62-69)67-21-4-5-41-28-48(43-33-61-63(3)34-43)49(54(58)59)30-53(41)67/h8,11-15,28-30,33-34,37,39-40,46,54H,4-7,9-10,16-27,31,35-36H2,1-3H3/t37-,39?,46?/m0/s1. The van der Waals surface area contributed by atoms with Gasteiger partial charge in [-0.2, -0.15) is 15.5 Å². The molecule has 0 radical (unpaired) electrons. The van der Waals surface area contributed by atoms with E-state index in [2.05, 4.69) is 72.7 Å². The fourth-order valence-corrected chi connectivity index (χ4v) is 13.7. The quantitative estimate of drug-likeness (QED) is 0.144. The summed E-state index contributed by atoms with van der Waals surface area (Å²) >= 11 is 6.43. The highest BCUT2D eigenvalue weighted by Crippen LogP contribution is 2.48. The fourth-order valence-electron chi connectivity index (χ4n) is 13.5. The Morgan fingerprint density at radius 3 is 2.24 bits per heavy atom. The van der Waals surface area contributed by atoms with Gasteiger partial charge in [-0.25, -0.2) is 8.78 Å². The summed E-state index contributed by atoms with van der Waals surface area (Å²) in [6.45, 7) is 11.2. The van der Waals surface area contributed by atoms with Gasteiger partial charge in [0.15, 0.2) is 5.82 Å². The van der Waals surface area contributed by atoms with Gasteiger partial charge in [-0.05, 0) is 167 Å². The van der Waals surface area contributed by atoms with Crippen molar-refractivity contribution in [2.75, 3.05) is 65.4 Å². The Hall–Kier alpha value is -5.61. The second-order valence-corrected chi connectivity index (χ2v) is 22.1. The third-order valence-corrected chi connectivity index (χ3v) is 17.7. The summed E-state index contributed by atoms with van der Waals surface area (Å²) in [6, 6.07) is 21.8. The summed E-state index contributed by atoms with van der Waals surface area (Å²) in [5.74, 6) is 2.35. The topological polar surface area (TPSA) is 92.7 Å². The number of carbonyl (C=O) groups is 1. The number of aromatic nitrogens is 4. The smallest absolute Gasteiger partial charge is 0.264 e. The van der Waals surface area contributed by atoms with E-state index in [9.17, 15) is 18.8 Å². The van der Waals surface area contributed by atoms with Gasteiger partial charge in [0.25, 0.3) is 6.43 Å². The van der Waals surface area contributed by atoms with E-state index in [4.69, 9.17) is 16.7 Å². The highest BCUT2D eigenvalue weighted by Gasteiger charge is 2.44. The second kappa shape index (κ2) is 19.2. The van der Waals surface area contributed by atoms with Gasteiger partial charge in [-0.3, -0.25) is 14.2 Å². The second-order valence-electron chi connectivity index (χ2n) is 21.7. The lowest BCUT2D eigenvalue weighted by Crippen LogP contribution is -2.41. The van der Waals surface area contributed by atoms with Gasteiger partial charge in [0, 0.05) is 124 Å². The third kappa shape index (κ3) is 9.03. The first-order chi connectivity index (χ1) is 33.9. The SMILES string of the molecule is CC(=O)N1CCc2c(c(N3CCCc4cc(-c5cnn(C)c5)c(C(F)F)cc43)nn2C2CCC(CC3CCN(c4ccc(N5CCC6(CC5)C[C@H](C)N(c5ccc(C#N)c(Cl)c5)C6)cc4)CC3)CC2)C1. The minimum Gasteiger partial charge on any atom is -0.372 e. The predicted octanol–water partition coefficient (Wildman–Crippen LogP) is 11.7. The van der Waals surface area contributed by atoms with Gasteiger partial charge in [0.1, 0.15) is 6.07 Å². The van der Waals surface area contributed by atoms with Crippen LogP contribution in [0.1, 0.15) is 125 Å². The Labute approximate surface area is 417 Å². The van der Waals surface area contributed by atoms with Crippen LogP contribution in [0.4, 0.5) is 37.3 Å². The Bertz CT molecular complexity index is 2760. The number of carbonyl (C=O) groups excluding carboxylic acids is 1. The molecule has 0 bridgehead atoms. The van der Waals surface area contributed by atoms with Gasteiger partial charge in [-0.1, -0.05) is 11.6 Å². The normalized spacial score (nSPS) is 22.7. The number of fused-ring (bicyclic) bond motifs is 2. The molecule has 6 aliphatic rings. The van der Waals surface area contributed by atoms with Crippen LogP contribution in [0.25, 0.3) is 11.1 Å².